The lowest BCUT2D eigenvalue weighted by atomic mass is 9.93. The first-order valence-corrected chi connectivity index (χ1v) is 10.8. The number of amides is 1. The summed E-state index contributed by atoms with van der Waals surface area (Å²) in [5.41, 5.74) is 0.916. The van der Waals surface area contributed by atoms with Crippen molar-refractivity contribution in [3.63, 3.8) is 0 Å². The Morgan fingerprint density at radius 2 is 1.83 bits per heavy atom. The second-order valence-corrected chi connectivity index (χ2v) is 7.88. The molecule has 0 fully saturated rings. The number of benzene rings is 3. The Morgan fingerprint density at radius 3 is 2.54 bits per heavy atom. The van der Waals surface area contributed by atoms with Gasteiger partial charge in [-0.05, 0) is 47.5 Å². The molecule has 9 heteroatoms. The van der Waals surface area contributed by atoms with Crippen LogP contribution >= 0.6 is 0 Å². The normalized spacial score (nSPS) is 15.2. The maximum atomic E-state index is 13.3. The van der Waals surface area contributed by atoms with Gasteiger partial charge in [-0.3, -0.25) is 4.79 Å². The molecule has 1 atom stereocenters. The van der Waals surface area contributed by atoms with E-state index in [1.807, 2.05) is 30.3 Å². The SMILES string of the molecule is COCCOc1ccc(C(F)(F)F)cc1NC(=O)c1ccc2c(c1)C[C@H](c1ccccc1)OC2=O. The molecule has 182 valence electrons. The van der Waals surface area contributed by atoms with Crippen LogP contribution in [0.25, 0.3) is 0 Å². The van der Waals surface area contributed by atoms with Gasteiger partial charge in [-0.25, -0.2) is 4.79 Å². The van der Waals surface area contributed by atoms with Crippen molar-refractivity contribution in [1.29, 1.82) is 0 Å². The fourth-order valence-corrected chi connectivity index (χ4v) is 3.75. The highest BCUT2D eigenvalue weighted by Crippen LogP contribution is 2.36. The number of halogens is 3. The van der Waals surface area contributed by atoms with E-state index in [1.54, 1.807) is 6.07 Å². The lowest BCUT2D eigenvalue weighted by Crippen LogP contribution is -2.23. The van der Waals surface area contributed by atoms with E-state index in [0.29, 0.717) is 17.5 Å². The van der Waals surface area contributed by atoms with Gasteiger partial charge in [0.1, 0.15) is 18.5 Å². The molecule has 3 aromatic rings. The Bertz CT molecular complexity index is 1230. The van der Waals surface area contributed by atoms with Crippen molar-refractivity contribution in [3.05, 3.63) is 94.5 Å². The number of hydrogen-bond donors (Lipinski definition) is 1. The van der Waals surface area contributed by atoms with Gasteiger partial charge >= 0.3 is 12.1 Å². The molecule has 0 radical (unpaired) electrons. The molecule has 3 aromatic carbocycles. The number of nitrogens with one attached hydrogen (secondary N) is 1. The summed E-state index contributed by atoms with van der Waals surface area (Å²) < 4.78 is 55.7. The third-order valence-electron chi connectivity index (χ3n) is 5.51. The van der Waals surface area contributed by atoms with E-state index in [0.717, 1.165) is 23.8 Å². The molecule has 0 spiro atoms. The standard InChI is InChI=1S/C26H22F3NO5/c1-33-11-12-34-22-10-8-19(26(27,28)29)15-21(22)30-24(31)17-7-9-20-18(13-17)14-23(35-25(20)32)16-5-3-2-4-6-16/h2-10,13,15,23H,11-12,14H2,1H3,(H,30,31)/t23-/m1/s1. The quantitative estimate of drug-likeness (QED) is 0.357. The van der Waals surface area contributed by atoms with Crippen molar-refractivity contribution >= 4 is 17.6 Å². The number of carbonyl (C=O) groups is 2. The molecule has 0 bridgehead atoms. The fourth-order valence-electron chi connectivity index (χ4n) is 3.75. The number of alkyl halides is 3. The summed E-state index contributed by atoms with van der Waals surface area (Å²) in [6.45, 7) is 0.310. The minimum Gasteiger partial charge on any atom is -0.489 e. The van der Waals surface area contributed by atoms with Crippen LogP contribution in [0.15, 0.2) is 66.7 Å². The van der Waals surface area contributed by atoms with Crippen LogP contribution in [0.4, 0.5) is 18.9 Å². The largest absolute Gasteiger partial charge is 0.489 e. The second-order valence-electron chi connectivity index (χ2n) is 7.88. The van der Waals surface area contributed by atoms with Crippen LogP contribution in [0.3, 0.4) is 0 Å². The molecule has 35 heavy (non-hydrogen) atoms. The maximum absolute atomic E-state index is 13.3. The predicted molar refractivity (Wildman–Crippen MR) is 122 cm³/mol. The number of methoxy groups -OCH3 is 1. The molecule has 0 saturated heterocycles. The van der Waals surface area contributed by atoms with Gasteiger partial charge in [0.15, 0.2) is 0 Å². The smallest absolute Gasteiger partial charge is 0.416 e. The van der Waals surface area contributed by atoms with Crippen molar-refractivity contribution in [2.24, 2.45) is 0 Å². The van der Waals surface area contributed by atoms with Crippen LogP contribution in [0, 0.1) is 0 Å². The summed E-state index contributed by atoms with van der Waals surface area (Å²) in [5.74, 6) is -1.06. The van der Waals surface area contributed by atoms with Crippen molar-refractivity contribution in [2.75, 3.05) is 25.6 Å². The molecule has 0 aliphatic carbocycles. The van der Waals surface area contributed by atoms with E-state index in [2.05, 4.69) is 5.32 Å². The predicted octanol–water partition coefficient (Wildman–Crippen LogP) is 5.44. The lowest BCUT2D eigenvalue weighted by Gasteiger charge is -2.25. The van der Waals surface area contributed by atoms with E-state index in [-0.39, 0.29) is 30.2 Å². The first-order valence-electron chi connectivity index (χ1n) is 10.8. The van der Waals surface area contributed by atoms with E-state index < -0.39 is 29.7 Å². The zero-order chi connectivity index (χ0) is 25.0. The number of fused-ring (bicyclic) bond motifs is 1. The number of ether oxygens (including phenoxy) is 3. The van der Waals surface area contributed by atoms with Crippen molar-refractivity contribution in [3.8, 4) is 5.75 Å². The number of hydrogen-bond acceptors (Lipinski definition) is 5. The van der Waals surface area contributed by atoms with Gasteiger partial charge in [-0.15, -0.1) is 0 Å². The molecular formula is C26H22F3NO5. The van der Waals surface area contributed by atoms with Crippen LogP contribution in [0.1, 0.15) is 43.5 Å². The van der Waals surface area contributed by atoms with Crippen LogP contribution in [-0.2, 0) is 22.1 Å². The highest BCUT2D eigenvalue weighted by atomic mass is 19.4. The summed E-state index contributed by atoms with van der Waals surface area (Å²) in [7, 11) is 1.47. The zero-order valence-corrected chi connectivity index (χ0v) is 18.7. The monoisotopic (exact) mass is 485 g/mol. The van der Waals surface area contributed by atoms with Crippen LogP contribution in [0.5, 0.6) is 5.75 Å². The molecule has 0 saturated carbocycles. The third kappa shape index (κ3) is 5.63. The number of cyclic esters (lactones) is 1. The minimum absolute atomic E-state index is 0.0779. The highest BCUT2D eigenvalue weighted by Gasteiger charge is 2.32. The highest BCUT2D eigenvalue weighted by molar-refractivity contribution is 6.06. The number of esters is 1. The molecular weight excluding hydrogens is 463 g/mol. The van der Waals surface area contributed by atoms with Gasteiger partial charge in [-0.2, -0.15) is 13.2 Å². The Labute approximate surface area is 199 Å². The Morgan fingerprint density at radius 1 is 1.06 bits per heavy atom. The Balaban J connectivity index is 1.59. The fraction of sp³-hybridized carbons (Fsp3) is 0.231. The Kier molecular flexibility index (Phi) is 7.07. The van der Waals surface area contributed by atoms with E-state index >= 15 is 0 Å². The topological polar surface area (TPSA) is 73.9 Å². The van der Waals surface area contributed by atoms with Gasteiger partial charge in [0.05, 0.1) is 23.4 Å². The molecule has 0 aromatic heterocycles. The molecule has 1 aliphatic rings. The first kappa shape index (κ1) is 24.3. The van der Waals surface area contributed by atoms with Crippen LogP contribution in [0.2, 0.25) is 0 Å². The van der Waals surface area contributed by atoms with E-state index in [9.17, 15) is 22.8 Å². The first-order chi connectivity index (χ1) is 16.8. The molecule has 1 amide bonds. The van der Waals surface area contributed by atoms with Gasteiger partial charge in [0.2, 0.25) is 0 Å². The van der Waals surface area contributed by atoms with Crippen molar-refractivity contribution in [1.82, 2.24) is 0 Å². The molecule has 0 unspecified atom stereocenters. The van der Waals surface area contributed by atoms with Gasteiger partial charge < -0.3 is 19.5 Å². The van der Waals surface area contributed by atoms with Crippen molar-refractivity contribution in [2.45, 2.75) is 18.7 Å². The lowest BCUT2D eigenvalue weighted by molar-refractivity contribution is -0.137. The molecule has 6 nitrogen and oxygen atoms in total. The summed E-state index contributed by atoms with van der Waals surface area (Å²) in [6, 6.07) is 16.5. The van der Waals surface area contributed by atoms with Crippen LogP contribution < -0.4 is 10.1 Å². The van der Waals surface area contributed by atoms with Gasteiger partial charge in [0, 0.05) is 19.1 Å². The molecule has 1 heterocycles. The zero-order valence-electron chi connectivity index (χ0n) is 18.7. The number of rotatable bonds is 7. The number of carbonyl (C=O) groups excluding carboxylic acids is 2. The molecule has 1 N–H and O–H groups in total. The summed E-state index contributed by atoms with van der Waals surface area (Å²) in [6.07, 6.45) is -4.73. The Hall–Kier alpha value is -3.85. The van der Waals surface area contributed by atoms with E-state index in [4.69, 9.17) is 14.2 Å². The second kappa shape index (κ2) is 10.2. The maximum Gasteiger partial charge on any atom is 0.416 e. The summed E-state index contributed by atoms with van der Waals surface area (Å²) >= 11 is 0. The number of anilines is 1. The minimum atomic E-state index is -4.59. The summed E-state index contributed by atoms with van der Waals surface area (Å²) in [4.78, 5) is 25.5. The summed E-state index contributed by atoms with van der Waals surface area (Å²) in [5, 5.41) is 2.51. The average molecular weight is 485 g/mol. The molecule has 1 aliphatic heterocycles. The molecule has 4 rings (SSSR count). The van der Waals surface area contributed by atoms with Crippen molar-refractivity contribution < 1.29 is 37.0 Å². The third-order valence-corrected chi connectivity index (χ3v) is 5.51. The van der Waals surface area contributed by atoms with Crippen LogP contribution in [-0.4, -0.2) is 32.2 Å². The average Bonchev–Trinajstić information content (AvgIpc) is 2.84. The van der Waals surface area contributed by atoms with Gasteiger partial charge in [-0.1, -0.05) is 30.3 Å². The van der Waals surface area contributed by atoms with Gasteiger partial charge in [0.25, 0.3) is 5.91 Å². The van der Waals surface area contributed by atoms with E-state index in [1.165, 1.54) is 19.2 Å².